The van der Waals surface area contributed by atoms with Gasteiger partial charge in [-0.25, -0.2) is 13.1 Å². The van der Waals surface area contributed by atoms with Crippen molar-refractivity contribution in [2.24, 2.45) is 0 Å². The Morgan fingerprint density at radius 2 is 1.76 bits per heavy atom. The van der Waals surface area contributed by atoms with Crippen LogP contribution in [0.15, 0.2) is 0 Å². The Hall–Kier alpha value is -0.170. The highest BCUT2D eigenvalue weighted by Gasteiger charge is 2.40. The van der Waals surface area contributed by atoms with Crippen molar-refractivity contribution in [3.63, 3.8) is 0 Å². The van der Waals surface area contributed by atoms with Crippen LogP contribution in [-0.4, -0.2) is 57.8 Å². The monoisotopic (exact) mass is 261 g/mol. The first-order valence-electron chi connectivity index (χ1n) is 6.40. The van der Waals surface area contributed by atoms with E-state index in [0.717, 1.165) is 12.8 Å². The number of nitrogens with zero attached hydrogens (tertiary/aromatic N) is 1. The third-order valence-corrected chi connectivity index (χ3v) is 5.56. The van der Waals surface area contributed by atoms with E-state index < -0.39 is 10.0 Å². The number of hydrogen-bond donors (Lipinski definition) is 2. The normalized spacial score (nSPS) is 34.1. The molecule has 0 aromatic carbocycles. The molecule has 2 N–H and O–H groups in total. The molecule has 0 amide bonds. The molecule has 0 radical (unpaired) electrons. The molecule has 0 saturated carbocycles. The van der Waals surface area contributed by atoms with E-state index >= 15 is 0 Å². The molecule has 6 heteroatoms. The Morgan fingerprint density at radius 3 is 2.24 bits per heavy atom. The van der Waals surface area contributed by atoms with Gasteiger partial charge in [-0.2, -0.15) is 0 Å². The fourth-order valence-corrected chi connectivity index (χ4v) is 3.86. The molecular weight excluding hydrogens is 238 g/mol. The average Bonchev–Trinajstić information content (AvgIpc) is 2.56. The van der Waals surface area contributed by atoms with Crippen molar-refractivity contribution in [1.29, 1.82) is 0 Å². The van der Waals surface area contributed by atoms with E-state index in [2.05, 4.69) is 14.9 Å². The lowest BCUT2D eigenvalue weighted by Gasteiger charge is -2.38. The Bertz CT molecular complexity index is 344. The van der Waals surface area contributed by atoms with E-state index in [9.17, 15) is 8.42 Å². The van der Waals surface area contributed by atoms with Crippen LogP contribution >= 0.6 is 0 Å². The lowest BCUT2D eigenvalue weighted by atomic mass is 9.98. The molecule has 100 valence electrons. The van der Waals surface area contributed by atoms with E-state index in [0.29, 0.717) is 24.7 Å². The second-order valence-electron chi connectivity index (χ2n) is 5.10. The molecule has 5 nitrogen and oxygen atoms in total. The van der Waals surface area contributed by atoms with Crippen LogP contribution in [0.3, 0.4) is 0 Å². The van der Waals surface area contributed by atoms with Crippen LogP contribution in [0.1, 0.15) is 25.7 Å². The molecular formula is C11H23N3O2S. The van der Waals surface area contributed by atoms with Crippen molar-refractivity contribution in [1.82, 2.24) is 14.9 Å². The van der Waals surface area contributed by atoms with Gasteiger partial charge in [0.05, 0.1) is 5.75 Å². The zero-order valence-corrected chi connectivity index (χ0v) is 11.5. The summed E-state index contributed by atoms with van der Waals surface area (Å²) in [6.45, 7) is 0.676. The summed E-state index contributed by atoms with van der Waals surface area (Å²) in [5.74, 6) is 0.223. The quantitative estimate of drug-likeness (QED) is 0.716. The molecule has 0 aromatic heterocycles. The molecule has 0 aliphatic carbocycles. The van der Waals surface area contributed by atoms with Crippen molar-refractivity contribution < 1.29 is 8.42 Å². The summed E-state index contributed by atoms with van der Waals surface area (Å²) in [7, 11) is 0.438. The molecule has 2 aliphatic rings. The molecule has 17 heavy (non-hydrogen) atoms. The highest BCUT2D eigenvalue weighted by molar-refractivity contribution is 7.89. The number of sulfonamides is 1. The van der Waals surface area contributed by atoms with Gasteiger partial charge in [-0.15, -0.1) is 0 Å². The van der Waals surface area contributed by atoms with E-state index in [-0.39, 0.29) is 5.75 Å². The summed E-state index contributed by atoms with van der Waals surface area (Å²) in [6.07, 6.45) is 4.77. The first-order valence-corrected chi connectivity index (χ1v) is 8.05. The van der Waals surface area contributed by atoms with Gasteiger partial charge in [0, 0.05) is 24.7 Å². The summed E-state index contributed by atoms with van der Waals surface area (Å²) in [5, 5.41) is 3.35. The number of rotatable bonds is 5. The minimum absolute atomic E-state index is 0.223. The smallest absolute Gasteiger partial charge is 0.212 e. The predicted molar refractivity (Wildman–Crippen MR) is 68.4 cm³/mol. The van der Waals surface area contributed by atoms with Gasteiger partial charge in [-0.1, -0.05) is 0 Å². The van der Waals surface area contributed by atoms with Crippen molar-refractivity contribution >= 4 is 10.0 Å². The number of nitrogens with one attached hydrogen (secondary N) is 2. The highest BCUT2D eigenvalue weighted by Crippen LogP contribution is 2.35. The van der Waals surface area contributed by atoms with Crippen molar-refractivity contribution in [3.05, 3.63) is 0 Å². The fourth-order valence-electron chi connectivity index (χ4n) is 3.20. The molecule has 2 unspecified atom stereocenters. The maximum absolute atomic E-state index is 11.4. The van der Waals surface area contributed by atoms with Crippen LogP contribution in [0.5, 0.6) is 0 Å². The maximum Gasteiger partial charge on any atom is 0.212 e. The second-order valence-corrected chi connectivity index (χ2v) is 7.15. The van der Waals surface area contributed by atoms with Gasteiger partial charge in [0.25, 0.3) is 0 Å². The Morgan fingerprint density at radius 1 is 1.18 bits per heavy atom. The van der Waals surface area contributed by atoms with E-state index in [1.807, 2.05) is 7.05 Å². The Labute approximate surface area is 104 Å². The summed E-state index contributed by atoms with van der Waals surface area (Å²) in [5.41, 5.74) is 0. The number of hydrogen-bond acceptors (Lipinski definition) is 4. The first-order chi connectivity index (χ1) is 8.05. The van der Waals surface area contributed by atoms with Gasteiger partial charge in [-0.05, 0) is 39.8 Å². The Kier molecular flexibility index (Phi) is 4.07. The molecule has 0 aromatic rings. The minimum atomic E-state index is -3.06. The van der Waals surface area contributed by atoms with E-state index in [1.54, 1.807) is 0 Å². The van der Waals surface area contributed by atoms with Gasteiger partial charge in [0.2, 0.25) is 10.0 Å². The van der Waals surface area contributed by atoms with Crippen molar-refractivity contribution in [3.8, 4) is 0 Å². The maximum atomic E-state index is 11.4. The van der Waals surface area contributed by atoms with E-state index in [4.69, 9.17) is 0 Å². The zero-order chi connectivity index (χ0) is 12.5. The molecule has 2 aliphatic heterocycles. The van der Waals surface area contributed by atoms with Crippen LogP contribution < -0.4 is 10.0 Å². The lowest BCUT2D eigenvalue weighted by Crippen LogP contribution is -2.50. The molecule has 2 rings (SSSR count). The van der Waals surface area contributed by atoms with Crippen LogP contribution in [0, 0.1) is 0 Å². The van der Waals surface area contributed by atoms with Crippen molar-refractivity contribution in [2.45, 2.75) is 43.8 Å². The number of fused-ring (bicyclic) bond motifs is 2. The molecule has 2 atom stereocenters. The molecule has 2 saturated heterocycles. The van der Waals surface area contributed by atoms with Crippen LogP contribution in [-0.2, 0) is 10.0 Å². The van der Waals surface area contributed by atoms with Crippen LogP contribution in [0.4, 0.5) is 0 Å². The lowest BCUT2D eigenvalue weighted by molar-refractivity contribution is 0.127. The minimum Gasteiger partial charge on any atom is -0.317 e. The predicted octanol–water partition coefficient (Wildman–Crippen LogP) is -0.250. The average molecular weight is 261 g/mol. The van der Waals surface area contributed by atoms with Gasteiger partial charge >= 0.3 is 0 Å². The Balaban J connectivity index is 1.91. The summed E-state index contributed by atoms with van der Waals surface area (Å²) in [4.78, 5) is 2.41. The standard InChI is InChI=1S/C11H23N3O2S/c1-12-9-7-10-3-4-11(8-9)14(10)5-6-17(15,16)13-2/h9-13H,3-8H2,1-2H3. The van der Waals surface area contributed by atoms with Gasteiger partial charge in [0.1, 0.15) is 0 Å². The summed E-state index contributed by atoms with van der Waals surface area (Å²) in [6, 6.07) is 1.78. The van der Waals surface area contributed by atoms with Crippen LogP contribution in [0.25, 0.3) is 0 Å². The van der Waals surface area contributed by atoms with E-state index in [1.165, 1.54) is 19.9 Å². The zero-order valence-electron chi connectivity index (χ0n) is 10.6. The van der Waals surface area contributed by atoms with Gasteiger partial charge in [0.15, 0.2) is 0 Å². The topological polar surface area (TPSA) is 61.4 Å². The highest BCUT2D eigenvalue weighted by atomic mass is 32.2. The third kappa shape index (κ3) is 2.99. The molecule has 2 heterocycles. The SMILES string of the molecule is CNC1CC2CCC(C1)N2CCS(=O)(=O)NC. The summed E-state index contributed by atoms with van der Waals surface area (Å²) >= 11 is 0. The molecule has 0 spiro atoms. The van der Waals surface area contributed by atoms with Gasteiger partial charge < -0.3 is 5.32 Å². The molecule has 2 fully saturated rings. The largest absolute Gasteiger partial charge is 0.317 e. The fraction of sp³-hybridized carbons (Fsp3) is 1.00. The molecule has 2 bridgehead atoms. The third-order valence-electron chi connectivity index (χ3n) is 4.22. The van der Waals surface area contributed by atoms with Crippen LogP contribution in [0.2, 0.25) is 0 Å². The van der Waals surface area contributed by atoms with Gasteiger partial charge in [-0.3, -0.25) is 4.90 Å². The summed E-state index contributed by atoms with van der Waals surface area (Å²) < 4.78 is 25.3. The second kappa shape index (κ2) is 5.22. The van der Waals surface area contributed by atoms with Crippen molar-refractivity contribution in [2.75, 3.05) is 26.4 Å². The number of piperidine rings is 1. The first kappa shape index (κ1) is 13.3.